The van der Waals surface area contributed by atoms with Gasteiger partial charge in [0.15, 0.2) is 6.61 Å². The molecule has 1 amide bonds. The number of anilines is 1. The van der Waals surface area contributed by atoms with E-state index in [4.69, 9.17) is 10.00 Å². The second kappa shape index (κ2) is 8.54. The molecule has 2 aromatic heterocycles. The van der Waals surface area contributed by atoms with Crippen LogP contribution in [0.1, 0.15) is 18.9 Å². The zero-order valence-electron chi connectivity index (χ0n) is 15.2. The van der Waals surface area contributed by atoms with Gasteiger partial charge in [0.2, 0.25) is 0 Å². The van der Waals surface area contributed by atoms with Crippen molar-refractivity contribution in [1.29, 1.82) is 5.26 Å². The first-order valence-corrected chi connectivity index (χ1v) is 9.54. The Kier molecular flexibility index (Phi) is 5.91. The Balaban J connectivity index is 1.57. The zero-order valence-corrected chi connectivity index (χ0v) is 16.0. The maximum Gasteiger partial charge on any atom is 0.329 e. The van der Waals surface area contributed by atoms with E-state index in [2.05, 4.69) is 5.32 Å². The number of benzene rings is 1. The van der Waals surface area contributed by atoms with E-state index in [1.807, 2.05) is 37.3 Å². The van der Waals surface area contributed by atoms with E-state index in [1.54, 1.807) is 16.0 Å². The van der Waals surface area contributed by atoms with Crippen LogP contribution in [0.5, 0.6) is 0 Å². The van der Waals surface area contributed by atoms with Crippen molar-refractivity contribution in [2.24, 2.45) is 0 Å². The van der Waals surface area contributed by atoms with Crippen molar-refractivity contribution in [3.8, 4) is 6.07 Å². The van der Waals surface area contributed by atoms with Gasteiger partial charge in [0.1, 0.15) is 11.1 Å². The molecule has 0 aliphatic rings. The number of nitriles is 1. The summed E-state index contributed by atoms with van der Waals surface area (Å²) in [5, 5.41) is 13.6. The average molecular weight is 398 g/mol. The van der Waals surface area contributed by atoms with E-state index in [0.717, 1.165) is 11.0 Å². The van der Waals surface area contributed by atoms with Gasteiger partial charge in [0, 0.05) is 13.1 Å². The average Bonchev–Trinajstić information content (AvgIpc) is 3.25. The summed E-state index contributed by atoms with van der Waals surface area (Å²) in [6.07, 6.45) is -0.0344. The predicted octanol–water partition coefficient (Wildman–Crippen LogP) is 2.33. The number of imidazole rings is 1. The molecule has 144 valence electrons. The number of nitrogens with one attached hydrogen (secondary N) is 1. The van der Waals surface area contributed by atoms with Crippen molar-refractivity contribution >= 4 is 39.2 Å². The molecule has 3 aromatic rings. The molecule has 0 unspecified atom stereocenters. The summed E-state index contributed by atoms with van der Waals surface area (Å²) in [4.78, 5) is 36.4. The lowest BCUT2D eigenvalue weighted by atomic mass is 10.3. The van der Waals surface area contributed by atoms with Gasteiger partial charge < -0.3 is 10.1 Å². The summed E-state index contributed by atoms with van der Waals surface area (Å²) in [5.41, 5.74) is 1.74. The van der Waals surface area contributed by atoms with Gasteiger partial charge in [-0.05, 0) is 30.5 Å². The number of amides is 1. The summed E-state index contributed by atoms with van der Waals surface area (Å²) in [7, 11) is 0. The van der Waals surface area contributed by atoms with Crippen LogP contribution in [0.25, 0.3) is 11.0 Å². The highest BCUT2D eigenvalue weighted by molar-refractivity contribution is 7.14. The van der Waals surface area contributed by atoms with Gasteiger partial charge in [-0.3, -0.25) is 18.7 Å². The lowest BCUT2D eigenvalue weighted by Gasteiger charge is -2.06. The standard InChI is InChI=1S/C19H18N4O4S/c1-2-22-14-5-3-4-6-15(14)23(19(22)26)9-7-17(25)27-12-16(24)21-18-13(11-20)8-10-28-18/h3-6,8,10H,2,7,9,12H2,1H3,(H,21,24). The number of thiophene rings is 1. The number of aromatic nitrogens is 2. The van der Waals surface area contributed by atoms with Crippen LogP contribution in [0.3, 0.4) is 0 Å². The van der Waals surface area contributed by atoms with E-state index in [9.17, 15) is 14.4 Å². The first-order valence-electron chi connectivity index (χ1n) is 8.66. The number of hydrogen-bond donors (Lipinski definition) is 1. The topological polar surface area (TPSA) is 106 Å². The van der Waals surface area contributed by atoms with Crippen LogP contribution in [0.15, 0.2) is 40.5 Å². The number of ether oxygens (including phenoxy) is 1. The van der Waals surface area contributed by atoms with Crippen LogP contribution in [-0.4, -0.2) is 27.6 Å². The molecule has 1 aromatic carbocycles. The molecule has 0 saturated carbocycles. The Morgan fingerprint density at radius 3 is 2.61 bits per heavy atom. The van der Waals surface area contributed by atoms with Gasteiger partial charge in [-0.1, -0.05) is 12.1 Å². The zero-order chi connectivity index (χ0) is 20.1. The smallest absolute Gasteiger partial charge is 0.329 e. The number of aryl methyl sites for hydroxylation is 2. The number of esters is 1. The third kappa shape index (κ3) is 3.97. The van der Waals surface area contributed by atoms with Crippen LogP contribution in [0.4, 0.5) is 5.00 Å². The third-order valence-electron chi connectivity index (χ3n) is 4.18. The number of para-hydroxylation sites is 2. The second-order valence-electron chi connectivity index (χ2n) is 5.90. The SMILES string of the molecule is CCn1c(=O)n(CCC(=O)OCC(=O)Nc2sccc2C#N)c2ccccc21. The molecule has 3 rings (SSSR count). The highest BCUT2D eigenvalue weighted by Crippen LogP contribution is 2.21. The molecule has 0 atom stereocenters. The monoisotopic (exact) mass is 398 g/mol. The second-order valence-corrected chi connectivity index (χ2v) is 6.82. The van der Waals surface area contributed by atoms with E-state index >= 15 is 0 Å². The Morgan fingerprint density at radius 1 is 1.21 bits per heavy atom. The number of rotatable bonds is 7. The summed E-state index contributed by atoms with van der Waals surface area (Å²) < 4.78 is 8.16. The quantitative estimate of drug-likeness (QED) is 0.615. The van der Waals surface area contributed by atoms with Crippen LogP contribution >= 0.6 is 11.3 Å². The molecule has 28 heavy (non-hydrogen) atoms. The fourth-order valence-corrected chi connectivity index (χ4v) is 3.63. The molecule has 0 aliphatic carbocycles. The van der Waals surface area contributed by atoms with Crippen molar-refractivity contribution in [3.05, 3.63) is 51.8 Å². The normalized spacial score (nSPS) is 10.6. The molecular weight excluding hydrogens is 380 g/mol. The lowest BCUT2D eigenvalue weighted by Crippen LogP contribution is -2.26. The highest BCUT2D eigenvalue weighted by atomic mass is 32.1. The van der Waals surface area contributed by atoms with Crippen molar-refractivity contribution < 1.29 is 14.3 Å². The largest absolute Gasteiger partial charge is 0.456 e. The van der Waals surface area contributed by atoms with E-state index in [1.165, 1.54) is 15.9 Å². The first-order chi connectivity index (χ1) is 13.5. The Bertz CT molecular complexity index is 1120. The molecule has 0 spiro atoms. The summed E-state index contributed by atoms with van der Waals surface area (Å²) >= 11 is 1.22. The third-order valence-corrected chi connectivity index (χ3v) is 5.01. The number of carbonyl (C=O) groups is 2. The molecule has 0 bridgehead atoms. The number of fused-ring (bicyclic) bond motifs is 1. The van der Waals surface area contributed by atoms with Gasteiger partial charge in [-0.2, -0.15) is 5.26 Å². The minimum Gasteiger partial charge on any atom is -0.456 e. The van der Waals surface area contributed by atoms with Gasteiger partial charge in [0.05, 0.1) is 23.0 Å². The van der Waals surface area contributed by atoms with Gasteiger partial charge in [0.25, 0.3) is 5.91 Å². The molecule has 9 heteroatoms. The number of hydrogen-bond acceptors (Lipinski definition) is 6. The maximum atomic E-state index is 12.5. The fourth-order valence-electron chi connectivity index (χ4n) is 2.87. The Hall–Kier alpha value is -3.38. The molecule has 0 aliphatic heterocycles. The molecule has 8 nitrogen and oxygen atoms in total. The molecule has 0 fully saturated rings. The predicted molar refractivity (Wildman–Crippen MR) is 105 cm³/mol. The van der Waals surface area contributed by atoms with Crippen LogP contribution in [0.2, 0.25) is 0 Å². The fraction of sp³-hybridized carbons (Fsp3) is 0.263. The molecule has 0 radical (unpaired) electrons. The summed E-state index contributed by atoms with van der Waals surface area (Å²) in [6.45, 7) is 2.13. The highest BCUT2D eigenvalue weighted by Gasteiger charge is 2.14. The summed E-state index contributed by atoms with van der Waals surface area (Å²) in [6, 6.07) is 10.9. The number of nitrogens with zero attached hydrogens (tertiary/aromatic N) is 3. The minimum absolute atomic E-state index is 0.0344. The molecule has 2 heterocycles. The van der Waals surface area contributed by atoms with Crippen LogP contribution < -0.4 is 11.0 Å². The van der Waals surface area contributed by atoms with E-state index < -0.39 is 18.5 Å². The van der Waals surface area contributed by atoms with Crippen molar-refractivity contribution in [2.75, 3.05) is 11.9 Å². The first kappa shape index (κ1) is 19.4. The van der Waals surface area contributed by atoms with Crippen molar-refractivity contribution in [1.82, 2.24) is 9.13 Å². The molecule has 0 saturated heterocycles. The number of carbonyl (C=O) groups excluding carboxylic acids is 2. The van der Waals surface area contributed by atoms with Gasteiger partial charge >= 0.3 is 11.7 Å². The van der Waals surface area contributed by atoms with Crippen molar-refractivity contribution in [3.63, 3.8) is 0 Å². The lowest BCUT2D eigenvalue weighted by molar-refractivity contribution is -0.147. The van der Waals surface area contributed by atoms with Crippen LogP contribution in [-0.2, 0) is 27.4 Å². The maximum absolute atomic E-state index is 12.5. The Morgan fingerprint density at radius 2 is 1.93 bits per heavy atom. The summed E-state index contributed by atoms with van der Waals surface area (Å²) in [5.74, 6) is -1.10. The van der Waals surface area contributed by atoms with Gasteiger partial charge in [-0.15, -0.1) is 11.3 Å². The minimum atomic E-state index is -0.581. The van der Waals surface area contributed by atoms with Crippen molar-refractivity contribution in [2.45, 2.75) is 26.4 Å². The van der Waals surface area contributed by atoms with Crippen LogP contribution in [0, 0.1) is 11.3 Å². The van der Waals surface area contributed by atoms with E-state index in [0.29, 0.717) is 17.1 Å². The van der Waals surface area contributed by atoms with Gasteiger partial charge in [-0.25, -0.2) is 4.79 Å². The van der Waals surface area contributed by atoms with E-state index in [-0.39, 0.29) is 18.7 Å². The molecule has 1 N–H and O–H groups in total. The Labute approximate surface area is 164 Å². The molecular formula is C19H18N4O4S.